The molecule has 1 aliphatic carbocycles. The summed E-state index contributed by atoms with van der Waals surface area (Å²) in [5, 5.41) is 9.47. The summed E-state index contributed by atoms with van der Waals surface area (Å²) in [6.07, 6.45) is 0.870. The Morgan fingerprint density at radius 2 is 1.67 bits per heavy atom. The minimum atomic E-state index is -5.52. The highest BCUT2D eigenvalue weighted by Crippen LogP contribution is 2.67. The number of hydrogen-bond donors (Lipinski definition) is 5. The molecule has 11 nitrogen and oxygen atoms in total. The van der Waals surface area contributed by atoms with Crippen LogP contribution >= 0.6 is 23.5 Å². The summed E-state index contributed by atoms with van der Waals surface area (Å²) < 4.78 is 44.7. The number of hydrogen-bond acceptors (Lipinski definition) is 7. The van der Waals surface area contributed by atoms with Crippen LogP contribution in [0, 0.1) is 5.92 Å². The molecule has 5 N–H and O–H groups in total. The molecular formula is C7H15O11P3. The Morgan fingerprint density at radius 1 is 1.10 bits per heavy atom. The topological polar surface area (TPSA) is 180 Å². The van der Waals surface area contributed by atoms with E-state index in [0.717, 1.165) is 0 Å². The summed E-state index contributed by atoms with van der Waals surface area (Å²) in [6, 6.07) is 0. The van der Waals surface area contributed by atoms with Crippen molar-refractivity contribution in [1.82, 2.24) is 0 Å². The van der Waals surface area contributed by atoms with Crippen LogP contribution in [0.1, 0.15) is 19.8 Å². The zero-order valence-corrected chi connectivity index (χ0v) is 13.4. The molecule has 14 heteroatoms. The molecule has 0 aliphatic heterocycles. The van der Waals surface area contributed by atoms with Gasteiger partial charge in [-0.05, 0) is 18.4 Å². The summed E-state index contributed by atoms with van der Waals surface area (Å²) >= 11 is 0. The average molecular weight is 368 g/mol. The molecule has 0 aromatic rings. The molecule has 0 heterocycles. The Labute approximate surface area is 119 Å². The van der Waals surface area contributed by atoms with Gasteiger partial charge in [0.1, 0.15) is 5.76 Å². The first-order valence-electron chi connectivity index (χ1n) is 5.50. The fourth-order valence-corrected chi connectivity index (χ4v) is 4.78. The predicted octanol–water partition coefficient (Wildman–Crippen LogP) is 1.00. The van der Waals surface area contributed by atoms with Crippen LogP contribution in [0.15, 0.2) is 11.8 Å². The summed E-state index contributed by atoms with van der Waals surface area (Å²) in [6.45, 7) is 1.70. The molecule has 124 valence electrons. The molecule has 3 unspecified atom stereocenters. The largest absolute Gasteiger partial charge is 0.536 e. The SMILES string of the molecule is CC1C=C(OP(=O)(O)OP(=O)(O)OP(=O)(O)O)C[C@H](O)C1. The molecule has 0 saturated carbocycles. The molecule has 1 rings (SSSR count). The molecule has 0 aromatic carbocycles. The Kier molecular flexibility index (Phi) is 5.97. The third kappa shape index (κ3) is 7.67. The first kappa shape index (κ1) is 19.0. The van der Waals surface area contributed by atoms with Gasteiger partial charge in [0.05, 0.1) is 6.10 Å². The number of phosphoric ester groups is 1. The second kappa shape index (κ2) is 6.60. The van der Waals surface area contributed by atoms with Crippen molar-refractivity contribution < 1.29 is 51.5 Å². The Hall–Kier alpha value is -0.0500. The van der Waals surface area contributed by atoms with Gasteiger partial charge in [-0.1, -0.05) is 6.92 Å². The van der Waals surface area contributed by atoms with Gasteiger partial charge in [-0.25, -0.2) is 13.7 Å². The summed E-state index contributed by atoms with van der Waals surface area (Å²) in [5.41, 5.74) is 0. The van der Waals surface area contributed by atoms with Crippen molar-refractivity contribution in [3.05, 3.63) is 11.8 Å². The van der Waals surface area contributed by atoms with Gasteiger partial charge in [-0.15, -0.1) is 0 Å². The molecule has 0 spiro atoms. The molecular weight excluding hydrogens is 353 g/mol. The van der Waals surface area contributed by atoms with E-state index in [2.05, 4.69) is 13.1 Å². The van der Waals surface area contributed by atoms with Crippen molar-refractivity contribution in [2.75, 3.05) is 0 Å². The van der Waals surface area contributed by atoms with E-state index in [-0.39, 0.29) is 18.1 Å². The Bertz CT molecular complexity index is 550. The van der Waals surface area contributed by atoms with E-state index in [0.29, 0.717) is 6.42 Å². The van der Waals surface area contributed by atoms with Gasteiger partial charge >= 0.3 is 23.5 Å². The maximum atomic E-state index is 11.5. The lowest BCUT2D eigenvalue weighted by molar-refractivity contribution is 0.121. The number of allylic oxidation sites excluding steroid dienone is 1. The van der Waals surface area contributed by atoms with E-state index >= 15 is 0 Å². The van der Waals surface area contributed by atoms with Crippen LogP contribution in [0.25, 0.3) is 0 Å². The number of rotatable bonds is 6. The van der Waals surface area contributed by atoms with E-state index in [4.69, 9.17) is 14.7 Å². The Balaban J connectivity index is 2.76. The molecule has 0 aromatic heterocycles. The average Bonchev–Trinajstić information content (AvgIpc) is 2.06. The number of aliphatic hydroxyl groups excluding tert-OH is 1. The predicted molar refractivity (Wildman–Crippen MR) is 67.4 cm³/mol. The molecule has 0 bridgehead atoms. The molecule has 0 saturated heterocycles. The van der Waals surface area contributed by atoms with Gasteiger partial charge in [0.25, 0.3) is 0 Å². The van der Waals surface area contributed by atoms with Crippen molar-refractivity contribution in [3.8, 4) is 0 Å². The van der Waals surface area contributed by atoms with Crippen LogP contribution in [-0.2, 0) is 26.8 Å². The standard InChI is InChI=1S/C7H15O11P3/c1-5-2-6(8)4-7(3-5)16-20(12,13)18-21(14,15)17-19(9,10)11/h3,5-6,8H,2,4H2,1H3,(H,12,13)(H,14,15)(H2,9,10,11)/t5?,6-/m1/s1. The third-order valence-electron chi connectivity index (χ3n) is 2.20. The van der Waals surface area contributed by atoms with Crippen LogP contribution in [-0.4, -0.2) is 30.8 Å². The molecule has 0 radical (unpaired) electrons. The van der Waals surface area contributed by atoms with Crippen LogP contribution in [0.4, 0.5) is 0 Å². The molecule has 0 fully saturated rings. The zero-order valence-electron chi connectivity index (χ0n) is 10.7. The van der Waals surface area contributed by atoms with E-state index < -0.39 is 29.6 Å². The zero-order chi connectivity index (χ0) is 16.5. The van der Waals surface area contributed by atoms with Crippen LogP contribution < -0.4 is 0 Å². The normalized spacial score (nSPS) is 29.1. The minimum Gasteiger partial charge on any atom is -0.409 e. The fourth-order valence-electron chi connectivity index (χ4n) is 1.71. The lowest BCUT2D eigenvalue weighted by Crippen LogP contribution is -2.17. The minimum absolute atomic E-state index is 0.118. The summed E-state index contributed by atoms with van der Waals surface area (Å²) in [7, 11) is -16.1. The highest BCUT2D eigenvalue weighted by Gasteiger charge is 2.42. The first-order valence-corrected chi connectivity index (χ1v) is 10.0. The third-order valence-corrected chi connectivity index (χ3v) is 5.99. The fraction of sp³-hybridized carbons (Fsp3) is 0.714. The van der Waals surface area contributed by atoms with Crippen molar-refractivity contribution in [2.45, 2.75) is 25.9 Å². The summed E-state index contributed by atoms with van der Waals surface area (Å²) in [4.78, 5) is 35.0. The van der Waals surface area contributed by atoms with E-state index in [1.807, 2.05) is 0 Å². The van der Waals surface area contributed by atoms with Gasteiger partial charge in [0.2, 0.25) is 0 Å². The van der Waals surface area contributed by atoms with Crippen LogP contribution in [0.5, 0.6) is 0 Å². The molecule has 1 aliphatic rings. The van der Waals surface area contributed by atoms with E-state index in [9.17, 15) is 23.7 Å². The lowest BCUT2D eigenvalue weighted by atomic mass is 9.94. The lowest BCUT2D eigenvalue weighted by Gasteiger charge is -2.24. The van der Waals surface area contributed by atoms with Crippen LogP contribution in [0.3, 0.4) is 0 Å². The van der Waals surface area contributed by atoms with Gasteiger partial charge in [-0.2, -0.15) is 8.62 Å². The van der Waals surface area contributed by atoms with Gasteiger partial charge in [0.15, 0.2) is 0 Å². The smallest absolute Gasteiger partial charge is 0.409 e. The second-order valence-corrected chi connectivity index (χ2v) is 8.73. The Morgan fingerprint density at radius 3 is 2.14 bits per heavy atom. The maximum absolute atomic E-state index is 11.5. The molecule has 21 heavy (non-hydrogen) atoms. The maximum Gasteiger partial charge on any atom is 0.536 e. The monoisotopic (exact) mass is 368 g/mol. The van der Waals surface area contributed by atoms with Crippen molar-refractivity contribution in [3.63, 3.8) is 0 Å². The highest BCUT2D eigenvalue weighted by atomic mass is 31.3. The van der Waals surface area contributed by atoms with E-state index in [1.54, 1.807) is 6.92 Å². The molecule has 0 amide bonds. The van der Waals surface area contributed by atoms with Crippen molar-refractivity contribution >= 4 is 23.5 Å². The van der Waals surface area contributed by atoms with Crippen molar-refractivity contribution in [1.29, 1.82) is 0 Å². The number of phosphoric acid groups is 3. The van der Waals surface area contributed by atoms with E-state index in [1.165, 1.54) is 6.08 Å². The van der Waals surface area contributed by atoms with Gasteiger partial charge in [-0.3, -0.25) is 4.89 Å². The van der Waals surface area contributed by atoms with Gasteiger partial charge in [0, 0.05) is 6.42 Å². The quantitative estimate of drug-likeness (QED) is 0.422. The molecule has 4 atom stereocenters. The first-order chi connectivity index (χ1) is 9.28. The highest BCUT2D eigenvalue weighted by molar-refractivity contribution is 7.66. The second-order valence-electron chi connectivity index (χ2n) is 4.39. The van der Waals surface area contributed by atoms with Gasteiger partial charge < -0.3 is 24.3 Å². The van der Waals surface area contributed by atoms with Crippen molar-refractivity contribution in [2.24, 2.45) is 5.92 Å². The number of aliphatic hydroxyl groups is 1. The summed E-state index contributed by atoms with van der Waals surface area (Å²) in [5.74, 6) is -0.320. The van der Waals surface area contributed by atoms with Crippen LogP contribution in [0.2, 0.25) is 0 Å².